The number of benzene rings is 2. The minimum absolute atomic E-state index is 0.142. The van der Waals surface area contributed by atoms with Crippen molar-refractivity contribution in [2.24, 2.45) is 0 Å². The van der Waals surface area contributed by atoms with Gasteiger partial charge in [0.1, 0.15) is 5.82 Å². The fourth-order valence-corrected chi connectivity index (χ4v) is 3.87. The number of alkyl halides is 2. The number of rotatable bonds is 7. The molecule has 0 radical (unpaired) electrons. The number of carbonyl (C=O) groups excluding carboxylic acids is 3. The van der Waals surface area contributed by atoms with E-state index in [1.54, 1.807) is 10.3 Å². The number of amides is 4. The van der Waals surface area contributed by atoms with Crippen LogP contribution in [-0.4, -0.2) is 73.3 Å². The first-order valence-corrected chi connectivity index (χ1v) is 11.2. The maximum Gasteiger partial charge on any atom is 0.317 e. The molecule has 1 heterocycles. The topological polar surface area (TPSA) is 93.8 Å². The molecule has 0 aliphatic carbocycles. The molecule has 4 amide bonds. The summed E-state index contributed by atoms with van der Waals surface area (Å²) >= 11 is 0. The lowest BCUT2D eigenvalue weighted by atomic mass is 10.0. The third kappa shape index (κ3) is 7.44. The molecule has 1 aliphatic heterocycles. The Morgan fingerprint density at radius 1 is 1.06 bits per heavy atom. The lowest BCUT2D eigenvalue weighted by Crippen LogP contribution is -2.57. The average Bonchev–Trinajstić information content (AvgIpc) is 2.84. The molecule has 3 N–H and O–H groups in total. The average molecular weight is 492 g/mol. The normalized spacial score (nSPS) is 16.1. The van der Waals surface area contributed by atoms with Crippen molar-refractivity contribution in [1.29, 1.82) is 0 Å². The van der Waals surface area contributed by atoms with Crippen LogP contribution in [0.3, 0.4) is 0 Å². The molecule has 3 rings (SSSR count). The predicted octanol–water partition coefficient (Wildman–Crippen LogP) is 1.96. The fraction of sp³-hybridized carbons (Fsp3) is 0.375. The van der Waals surface area contributed by atoms with Crippen molar-refractivity contribution in [1.82, 2.24) is 26.0 Å². The number of urea groups is 1. The summed E-state index contributed by atoms with van der Waals surface area (Å²) in [4.78, 5) is 39.5. The summed E-state index contributed by atoms with van der Waals surface area (Å²) in [5, 5.41) is 2.94. The first-order valence-electron chi connectivity index (χ1n) is 11.2. The molecule has 1 unspecified atom stereocenters. The molecule has 11 heteroatoms. The van der Waals surface area contributed by atoms with E-state index in [0.29, 0.717) is 38.2 Å². The van der Waals surface area contributed by atoms with Crippen LogP contribution < -0.4 is 16.2 Å². The van der Waals surface area contributed by atoms with E-state index in [0.717, 1.165) is 11.6 Å². The minimum Gasteiger partial charge on any atom is -0.338 e. The number of piperazine rings is 1. The Labute approximate surface area is 201 Å². The van der Waals surface area contributed by atoms with Crippen LogP contribution in [0.15, 0.2) is 48.5 Å². The Hall–Kier alpha value is -3.60. The van der Waals surface area contributed by atoms with Gasteiger partial charge in [-0.3, -0.25) is 20.4 Å². The Balaban J connectivity index is 1.60. The lowest BCUT2D eigenvalue weighted by molar-refractivity contribution is -0.132. The second kappa shape index (κ2) is 12.2. The van der Waals surface area contributed by atoms with E-state index < -0.39 is 24.1 Å². The Bertz CT molecular complexity index is 1040. The van der Waals surface area contributed by atoms with Gasteiger partial charge in [0.15, 0.2) is 0 Å². The van der Waals surface area contributed by atoms with Crippen LogP contribution in [-0.2, 0) is 17.6 Å². The van der Waals surface area contributed by atoms with Crippen LogP contribution in [0.2, 0.25) is 0 Å². The highest BCUT2D eigenvalue weighted by Crippen LogP contribution is 2.18. The highest BCUT2D eigenvalue weighted by Gasteiger charge is 2.30. The summed E-state index contributed by atoms with van der Waals surface area (Å²) in [6.07, 6.45) is -2.37. The van der Waals surface area contributed by atoms with Crippen LogP contribution in [0, 0.1) is 5.82 Å². The molecule has 2 aromatic rings. The molecule has 0 bridgehead atoms. The van der Waals surface area contributed by atoms with Crippen LogP contribution in [0.5, 0.6) is 0 Å². The number of hydrogen-bond acceptors (Lipinski definition) is 4. The largest absolute Gasteiger partial charge is 0.338 e. The molecule has 8 nitrogen and oxygen atoms in total. The van der Waals surface area contributed by atoms with Gasteiger partial charge in [-0.25, -0.2) is 9.18 Å². The summed E-state index contributed by atoms with van der Waals surface area (Å²) in [7, 11) is 1.93. The molecule has 0 spiro atoms. The summed E-state index contributed by atoms with van der Waals surface area (Å²) in [6, 6.07) is 13.0. The third-order valence-corrected chi connectivity index (χ3v) is 5.75. The van der Waals surface area contributed by atoms with Crippen molar-refractivity contribution >= 4 is 17.8 Å². The molecule has 0 aromatic heterocycles. The highest BCUT2D eigenvalue weighted by molar-refractivity contribution is 5.95. The van der Waals surface area contributed by atoms with Crippen molar-refractivity contribution in [2.45, 2.75) is 25.3 Å². The van der Waals surface area contributed by atoms with Gasteiger partial charge in [0.05, 0.1) is 6.04 Å². The molecule has 1 fully saturated rings. The van der Waals surface area contributed by atoms with Gasteiger partial charge in [-0.2, -0.15) is 8.78 Å². The zero-order chi connectivity index (χ0) is 25.4. The van der Waals surface area contributed by atoms with E-state index in [-0.39, 0.29) is 24.1 Å². The smallest absolute Gasteiger partial charge is 0.317 e. The van der Waals surface area contributed by atoms with Crippen molar-refractivity contribution < 1.29 is 27.6 Å². The van der Waals surface area contributed by atoms with Gasteiger partial charge in [-0.1, -0.05) is 36.4 Å². The van der Waals surface area contributed by atoms with Gasteiger partial charge in [-0.15, -0.1) is 0 Å². The number of carbonyl (C=O) groups is 3. The SMILES string of the molecule is CN1CCN(C(=O)NCCc2ccccc2)C(Cc2ccc(C(=O)NNC(=O)C(F)F)cc2F)C1. The Morgan fingerprint density at radius 3 is 2.49 bits per heavy atom. The summed E-state index contributed by atoms with van der Waals surface area (Å²) in [5.74, 6) is -3.27. The summed E-state index contributed by atoms with van der Waals surface area (Å²) < 4.78 is 39.2. The summed E-state index contributed by atoms with van der Waals surface area (Å²) in [6.45, 7) is 2.20. The third-order valence-electron chi connectivity index (χ3n) is 5.75. The quantitative estimate of drug-likeness (QED) is 0.517. The predicted molar refractivity (Wildman–Crippen MR) is 123 cm³/mol. The highest BCUT2D eigenvalue weighted by atomic mass is 19.3. The van der Waals surface area contributed by atoms with E-state index >= 15 is 0 Å². The van der Waals surface area contributed by atoms with Gasteiger partial charge >= 0.3 is 18.4 Å². The second-order valence-corrected chi connectivity index (χ2v) is 8.33. The number of nitrogens with zero attached hydrogens (tertiary/aromatic N) is 2. The molecule has 0 saturated carbocycles. The molecule has 2 aromatic carbocycles. The number of hydrogen-bond donors (Lipinski definition) is 3. The first-order chi connectivity index (χ1) is 16.7. The minimum atomic E-state index is -3.29. The molecular formula is C24H28F3N5O3. The molecular weight excluding hydrogens is 463 g/mol. The van der Waals surface area contributed by atoms with E-state index in [1.165, 1.54) is 12.1 Å². The lowest BCUT2D eigenvalue weighted by Gasteiger charge is -2.40. The first kappa shape index (κ1) is 26.0. The van der Waals surface area contributed by atoms with Gasteiger partial charge in [-0.05, 0) is 43.1 Å². The van der Waals surface area contributed by atoms with Gasteiger partial charge in [0, 0.05) is 31.7 Å². The molecule has 188 valence electrons. The maximum atomic E-state index is 14.8. The maximum absolute atomic E-state index is 14.8. The Kier molecular flexibility index (Phi) is 9.07. The van der Waals surface area contributed by atoms with Crippen LogP contribution >= 0.6 is 0 Å². The standard InChI is InChI=1S/C24H28F3N5O3/c1-31-11-12-32(24(35)28-10-9-16-5-3-2-4-6-16)19(15-31)13-17-7-8-18(14-20(17)25)22(33)29-30-23(34)21(26)27/h2-8,14,19,21H,9-13,15H2,1H3,(H,28,35)(H,29,33)(H,30,34). The van der Waals surface area contributed by atoms with Gasteiger partial charge in [0.25, 0.3) is 5.91 Å². The zero-order valence-corrected chi connectivity index (χ0v) is 19.3. The van der Waals surface area contributed by atoms with Crippen molar-refractivity contribution in [3.05, 3.63) is 71.0 Å². The molecule has 1 atom stereocenters. The molecule has 35 heavy (non-hydrogen) atoms. The van der Waals surface area contributed by atoms with Gasteiger partial charge < -0.3 is 15.1 Å². The Morgan fingerprint density at radius 2 is 1.80 bits per heavy atom. The van der Waals surface area contributed by atoms with E-state index in [9.17, 15) is 27.6 Å². The van der Waals surface area contributed by atoms with Crippen LogP contribution in [0.25, 0.3) is 0 Å². The second-order valence-electron chi connectivity index (χ2n) is 8.33. The summed E-state index contributed by atoms with van der Waals surface area (Å²) in [5.41, 5.74) is 4.66. The van der Waals surface area contributed by atoms with Crippen molar-refractivity contribution in [3.8, 4) is 0 Å². The molecule has 1 saturated heterocycles. The van der Waals surface area contributed by atoms with E-state index in [4.69, 9.17) is 0 Å². The number of hydrazine groups is 1. The fourth-order valence-electron chi connectivity index (χ4n) is 3.87. The van der Waals surface area contributed by atoms with Crippen molar-refractivity contribution in [3.63, 3.8) is 0 Å². The monoisotopic (exact) mass is 491 g/mol. The zero-order valence-electron chi connectivity index (χ0n) is 19.3. The van der Waals surface area contributed by atoms with Crippen LogP contribution in [0.1, 0.15) is 21.5 Å². The van der Waals surface area contributed by atoms with Gasteiger partial charge in [0.2, 0.25) is 0 Å². The number of likely N-dealkylation sites (N-methyl/N-ethyl adjacent to an activating group) is 1. The molecule has 1 aliphatic rings. The van der Waals surface area contributed by atoms with E-state index in [1.807, 2.05) is 42.8 Å². The van der Waals surface area contributed by atoms with E-state index in [2.05, 4.69) is 10.2 Å². The van der Waals surface area contributed by atoms with Crippen molar-refractivity contribution in [2.75, 3.05) is 33.2 Å². The number of nitrogens with one attached hydrogen (secondary N) is 3. The van der Waals surface area contributed by atoms with Crippen LogP contribution in [0.4, 0.5) is 18.0 Å². The number of halogens is 3.